The molecule has 0 aromatic heterocycles. The molecule has 0 spiro atoms. The van der Waals surface area contributed by atoms with Crippen LogP contribution in [0, 0.1) is 0 Å². The summed E-state index contributed by atoms with van der Waals surface area (Å²) in [6.45, 7) is -1.13. The number of aliphatic hydroxyl groups is 1. The average molecular weight is 386 g/mol. The predicted octanol–water partition coefficient (Wildman–Crippen LogP) is 1.09. The second-order valence-corrected chi connectivity index (χ2v) is 5.99. The van der Waals surface area contributed by atoms with Crippen molar-refractivity contribution in [1.82, 2.24) is 5.32 Å². The molecule has 148 valence electrons. The lowest BCUT2D eigenvalue weighted by molar-refractivity contribution is -0.155. The summed E-state index contributed by atoms with van der Waals surface area (Å²) in [5.41, 5.74) is 4.70. The van der Waals surface area contributed by atoms with Gasteiger partial charge in [0.1, 0.15) is 6.61 Å². The summed E-state index contributed by atoms with van der Waals surface area (Å²) in [6.07, 6.45) is -1.07. The van der Waals surface area contributed by atoms with E-state index in [9.17, 15) is 19.5 Å². The number of nitrogens with two attached hydrogens (primary N) is 1. The fourth-order valence-corrected chi connectivity index (χ4v) is 2.58. The van der Waals surface area contributed by atoms with Crippen LogP contribution in [0.15, 0.2) is 60.7 Å². The number of Topliss-reactive ketones (excluding diaryl/α,β-unsaturated/α-hetero) is 1. The van der Waals surface area contributed by atoms with E-state index in [-0.39, 0.29) is 6.61 Å². The fourth-order valence-electron chi connectivity index (χ4n) is 2.58. The molecule has 0 heterocycles. The molecule has 8 nitrogen and oxygen atoms in total. The van der Waals surface area contributed by atoms with Crippen molar-refractivity contribution in [3.05, 3.63) is 71.8 Å². The van der Waals surface area contributed by atoms with Crippen molar-refractivity contribution in [2.45, 2.75) is 18.2 Å². The molecule has 0 bridgehead atoms. The van der Waals surface area contributed by atoms with Gasteiger partial charge in [-0.25, -0.2) is 9.59 Å². The van der Waals surface area contributed by atoms with Gasteiger partial charge in [0.25, 0.3) is 0 Å². The molecule has 4 N–H and O–H groups in total. The van der Waals surface area contributed by atoms with Crippen LogP contribution >= 0.6 is 0 Å². The molecule has 0 aliphatic carbocycles. The van der Waals surface area contributed by atoms with Crippen LogP contribution in [0.25, 0.3) is 0 Å². The first-order valence-electron chi connectivity index (χ1n) is 8.47. The van der Waals surface area contributed by atoms with Crippen molar-refractivity contribution < 1.29 is 29.0 Å². The third kappa shape index (κ3) is 4.73. The van der Waals surface area contributed by atoms with E-state index in [4.69, 9.17) is 10.5 Å². The Morgan fingerprint density at radius 3 is 2.18 bits per heavy atom. The first-order chi connectivity index (χ1) is 13.4. The number of methoxy groups -OCH3 is 1. The normalized spacial score (nSPS) is 13.7. The second-order valence-electron chi connectivity index (χ2n) is 5.99. The summed E-state index contributed by atoms with van der Waals surface area (Å²) in [6, 6.07) is 15.8. The molecule has 0 radical (unpaired) electrons. The molecular formula is C20H22N2O6. The number of alkyl carbamates (subject to hydrolysis) is 1. The molecule has 0 aliphatic heterocycles. The van der Waals surface area contributed by atoms with Crippen LogP contribution in [-0.2, 0) is 25.7 Å². The van der Waals surface area contributed by atoms with E-state index in [1.807, 2.05) is 0 Å². The Morgan fingerprint density at radius 1 is 1.07 bits per heavy atom. The topological polar surface area (TPSA) is 128 Å². The van der Waals surface area contributed by atoms with Gasteiger partial charge in [-0.3, -0.25) is 10.1 Å². The largest absolute Gasteiger partial charge is 0.467 e. The van der Waals surface area contributed by atoms with Crippen molar-refractivity contribution >= 4 is 17.8 Å². The zero-order valence-corrected chi connectivity index (χ0v) is 15.3. The van der Waals surface area contributed by atoms with Crippen molar-refractivity contribution in [3.63, 3.8) is 0 Å². The highest BCUT2D eigenvalue weighted by atomic mass is 16.6. The number of esters is 1. The van der Waals surface area contributed by atoms with Gasteiger partial charge in [0.2, 0.25) is 5.54 Å². The SMILES string of the molecule is COC(=O)C(CO)(NC(=O)OCc1ccccc1)C(=O)C(N)c1ccccc1. The van der Waals surface area contributed by atoms with Crippen LogP contribution < -0.4 is 11.1 Å². The fraction of sp³-hybridized carbons (Fsp3) is 0.250. The number of ether oxygens (including phenoxy) is 2. The second kappa shape index (κ2) is 9.63. The third-order valence-corrected chi connectivity index (χ3v) is 4.16. The highest BCUT2D eigenvalue weighted by Crippen LogP contribution is 2.20. The van der Waals surface area contributed by atoms with Gasteiger partial charge in [0.05, 0.1) is 19.8 Å². The van der Waals surface area contributed by atoms with Crippen LogP contribution in [-0.4, -0.2) is 42.2 Å². The lowest BCUT2D eigenvalue weighted by Crippen LogP contribution is -2.65. The molecule has 1 amide bonds. The van der Waals surface area contributed by atoms with Crippen molar-refractivity contribution in [2.75, 3.05) is 13.7 Å². The molecule has 2 atom stereocenters. The summed E-state index contributed by atoms with van der Waals surface area (Å²) in [5.74, 6) is -2.08. The molecule has 2 unspecified atom stereocenters. The molecule has 28 heavy (non-hydrogen) atoms. The minimum Gasteiger partial charge on any atom is -0.467 e. The molecule has 8 heteroatoms. The van der Waals surface area contributed by atoms with Gasteiger partial charge in [0.15, 0.2) is 5.78 Å². The monoisotopic (exact) mass is 386 g/mol. The highest BCUT2D eigenvalue weighted by Gasteiger charge is 2.50. The van der Waals surface area contributed by atoms with Gasteiger partial charge in [-0.15, -0.1) is 0 Å². The van der Waals surface area contributed by atoms with E-state index in [1.54, 1.807) is 60.7 Å². The first kappa shape index (κ1) is 21.1. The van der Waals surface area contributed by atoms with E-state index in [1.165, 1.54) is 0 Å². The number of hydrogen-bond donors (Lipinski definition) is 3. The maximum absolute atomic E-state index is 13.0. The van der Waals surface area contributed by atoms with E-state index in [0.29, 0.717) is 11.1 Å². The molecule has 2 aromatic carbocycles. The zero-order valence-electron chi connectivity index (χ0n) is 15.3. The standard InChI is InChI=1S/C20H22N2O6/c1-27-18(25)20(13-23,17(24)16(21)15-10-6-3-7-11-15)22-19(26)28-12-14-8-4-2-5-9-14/h2-11,16,23H,12-13,21H2,1H3,(H,22,26). The van der Waals surface area contributed by atoms with E-state index < -0.39 is 36.0 Å². The van der Waals surface area contributed by atoms with Gasteiger partial charge in [-0.1, -0.05) is 60.7 Å². The highest BCUT2D eigenvalue weighted by molar-refractivity contribution is 6.13. The molecule has 0 fully saturated rings. The number of carbonyl (C=O) groups excluding carboxylic acids is 3. The maximum atomic E-state index is 13.0. The number of hydrogen-bond acceptors (Lipinski definition) is 7. The molecule has 0 saturated carbocycles. The van der Waals surface area contributed by atoms with E-state index >= 15 is 0 Å². The summed E-state index contributed by atoms with van der Waals surface area (Å²) >= 11 is 0. The van der Waals surface area contributed by atoms with Crippen LogP contribution in [0.5, 0.6) is 0 Å². The van der Waals surface area contributed by atoms with Gasteiger partial charge in [0, 0.05) is 0 Å². The molecule has 0 aliphatic rings. The maximum Gasteiger partial charge on any atom is 0.408 e. The van der Waals surface area contributed by atoms with Crippen LogP contribution in [0.2, 0.25) is 0 Å². The zero-order chi connectivity index (χ0) is 20.6. The molecule has 2 aromatic rings. The number of carbonyl (C=O) groups is 3. The number of nitrogens with one attached hydrogen (secondary N) is 1. The number of rotatable bonds is 8. The van der Waals surface area contributed by atoms with Crippen LogP contribution in [0.1, 0.15) is 17.2 Å². The van der Waals surface area contributed by atoms with Crippen molar-refractivity contribution in [1.29, 1.82) is 0 Å². The Kier molecular flexibility index (Phi) is 7.25. The van der Waals surface area contributed by atoms with Gasteiger partial charge in [-0.05, 0) is 11.1 Å². The smallest absolute Gasteiger partial charge is 0.408 e. The van der Waals surface area contributed by atoms with Gasteiger partial charge in [-0.2, -0.15) is 0 Å². The Morgan fingerprint density at radius 2 is 1.64 bits per heavy atom. The van der Waals surface area contributed by atoms with Gasteiger partial charge < -0.3 is 20.3 Å². The summed E-state index contributed by atoms with van der Waals surface area (Å²) in [5, 5.41) is 12.0. The lowest BCUT2D eigenvalue weighted by atomic mass is 9.87. The number of ketones is 1. The van der Waals surface area contributed by atoms with Crippen LogP contribution in [0.4, 0.5) is 4.79 Å². The summed E-state index contributed by atoms with van der Waals surface area (Å²) < 4.78 is 9.69. The Balaban J connectivity index is 2.21. The number of amides is 1. The molecular weight excluding hydrogens is 364 g/mol. The van der Waals surface area contributed by atoms with E-state index in [2.05, 4.69) is 10.1 Å². The Labute approximate surface area is 162 Å². The Hall–Kier alpha value is -3.23. The third-order valence-electron chi connectivity index (χ3n) is 4.16. The van der Waals surface area contributed by atoms with Gasteiger partial charge >= 0.3 is 12.1 Å². The van der Waals surface area contributed by atoms with Crippen molar-refractivity contribution in [3.8, 4) is 0 Å². The quantitative estimate of drug-likeness (QED) is 0.457. The Bertz CT molecular complexity index is 812. The predicted molar refractivity (Wildman–Crippen MR) is 100.0 cm³/mol. The van der Waals surface area contributed by atoms with Crippen LogP contribution in [0.3, 0.4) is 0 Å². The lowest BCUT2D eigenvalue weighted by Gasteiger charge is -2.30. The molecule has 2 rings (SSSR count). The molecule has 0 saturated heterocycles. The van der Waals surface area contributed by atoms with E-state index in [0.717, 1.165) is 7.11 Å². The average Bonchev–Trinajstić information content (AvgIpc) is 2.75. The minimum absolute atomic E-state index is 0.0890. The number of benzene rings is 2. The van der Waals surface area contributed by atoms with Crippen molar-refractivity contribution in [2.24, 2.45) is 5.73 Å². The first-order valence-corrected chi connectivity index (χ1v) is 8.47. The number of aliphatic hydroxyl groups excluding tert-OH is 1. The summed E-state index contributed by atoms with van der Waals surface area (Å²) in [7, 11) is 1.03. The minimum atomic E-state index is -2.39. The summed E-state index contributed by atoms with van der Waals surface area (Å²) in [4.78, 5) is 37.5.